The zero-order valence-corrected chi connectivity index (χ0v) is 18.8. The van der Waals surface area contributed by atoms with Crippen LogP contribution in [0.15, 0.2) is 0 Å². The van der Waals surface area contributed by atoms with Crippen molar-refractivity contribution < 1.29 is 63.0 Å². The Labute approximate surface area is 169 Å². The van der Waals surface area contributed by atoms with Gasteiger partial charge >= 0.3 is 58.2 Å². The summed E-state index contributed by atoms with van der Waals surface area (Å²) < 4.78 is 0. The molecule has 1 saturated heterocycles. The Bertz CT molecular complexity index is 214. The first-order chi connectivity index (χ1) is 8.59. The molecule has 0 saturated carbocycles. The van der Waals surface area contributed by atoms with E-state index in [2.05, 4.69) is 17.3 Å². The third-order valence-corrected chi connectivity index (χ3v) is 3.39. The van der Waals surface area contributed by atoms with Crippen molar-refractivity contribution >= 4 is 5.78 Å². The molecule has 1 aliphatic heterocycles. The van der Waals surface area contributed by atoms with Crippen molar-refractivity contribution in [2.75, 3.05) is 33.2 Å². The van der Waals surface area contributed by atoms with Gasteiger partial charge in [-0.2, -0.15) is 0 Å². The van der Waals surface area contributed by atoms with Gasteiger partial charge < -0.3 is 10.2 Å². The van der Waals surface area contributed by atoms with Crippen molar-refractivity contribution in [1.29, 1.82) is 0 Å². The molecule has 19 heavy (non-hydrogen) atoms. The molecule has 0 N–H and O–H groups in total. The van der Waals surface area contributed by atoms with Gasteiger partial charge in [-0.15, -0.1) is 13.1 Å². The first kappa shape index (κ1) is 22.7. The fourth-order valence-electron chi connectivity index (χ4n) is 2.00. The molecule has 0 aromatic heterocycles. The molecule has 1 aliphatic rings. The molecule has 0 unspecified atom stereocenters. The molecule has 0 aromatic rings. The second kappa shape index (κ2) is 14.3. The Hall–Kier alpha value is 1.40. The Kier molecular flexibility index (Phi) is 17.1. The molecule has 0 radical (unpaired) electrons. The van der Waals surface area contributed by atoms with Gasteiger partial charge in [0.15, 0.2) is 0 Å². The number of hydrogen-bond acceptors (Lipinski definition) is 2. The van der Waals surface area contributed by atoms with Crippen LogP contribution in [0.1, 0.15) is 47.0 Å². The molecule has 108 valence electrons. The van der Waals surface area contributed by atoms with Crippen LogP contribution in [0, 0.1) is 11.8 Å². The summed E-state index contributed by atoms with van der Waals surface area (Å²) in [5, 5.41) is 4.50. The van der Waals surface area contributed by atoms with Crippen LogP contribution < -0.4 is 58.2 Å². The molecule has 0 atom stereocenters. The minimum Gasteiger partial charge on any atom is -0.662 e. The van der Waals surface area contributed by atoms with E-state index < -0.39 is 0 Å². The van der Waals surface area contributed by atoms with Gasteiger partial charge in [-0.3, -0.25) is 4.79 Å². The Morgan fingerprint density at radius 3 is 2.26 bits per heavy atom. The first-order valence-corrected chi connectivity index (χ1v) is 7.44. The minimum atomic E-state index is 0. The maximum atomic E-state index is 11.4. The zero-order chi connectivity index (χ0) is 14.0. The molecule has 0 aromatic carbocycles. The summed E-state index contributed by atoms with van der Waals surface area (Å²) >= 11 is 0. The number of carbonyl (C=O) groups excluding carboxylic acids is 1. The minimum absolute atomic E-state index is 0. The normalized spacial score (nSPS) is 16.5. The SMILES string of the molecule is CC.CC(C)C(=O)CC[N-]CC1CCN(C)CC1.[Rb+]. The smallest absolute Gasteiger partial charge is 0.662 e. The van der Waals surface area contributed by atoms with Crippen LogP contribution in [-0.4, -0.2) is 43.9 Å². The van der Waals surface area contributed by atoms with E-state index in [1.165, 1.54) is 25.9 Å². The van der Waals surface area contributed by atoms with Gasteiger partial charge in [0, 0.05) is 5.92 Å². The Morgan fingerprint density at radius 1 is 1.26 bits per heavy atom. The summed E-state index contributed by atoms with van der Waals surface area (Å²) in [6.07, 6.45) is 3.15. The molecule has 1 heterocycles. The Balaban J connectivity index is 0. The van der Waals surface area contributed by atoms with Crippen LogP contribution >= 0.6 is 0 Å². The van der Waals surface area contributed by atoms with Gasteiger partial charge in [-0.1, -0.05) is 33.6 Å². The van der Waals surface area contributed by atoms with E-state index in [0.29, 0.717) is 12.2 Å². The predicted octanol–water partition coefficient (Wildman–Crippen LogP) is 0.347. The number of hydrogen-bond donors (Lipinski definition) is 0. The quantitative estimate of drug-likeness (QED) is 0.654. The van der Waals surface area contributed by atoms with Crippen molar-refractivity contribution in [3.05, 3.63) is 5.32 Å². The largest absolute Gasteiger partial charge is 1.00 e. The summed E-state index contributed by atoms with van der Waals surface area (Å²) in [6, 6.07) is 0. The third kappa shape index (κ3) is 11.7. The van der Waals surface area contributed by atoms with Crippen LogP contribution in [0.5, 0.6) is 0 Å². The number of carbonyl (C=O) groups is 1. The van der Waals surface area contributed by atoms with Crippen LogP contribution in [-0.2, 0) is 4.79 Å². The maximum Gasteiger partial charge on any atom is 1.00 e. The van der Waals surface area contributed by atoms with E-state index in [9.17, 15) is 4.79 Å². The molecule has 1 fully saturated rings. The fourth-order valence-corrected chi connectivity index (χ4v) is 2.00. The first-order valence-electron chi connectivity index (χ1n) is 7.44. The summed E-state index contributed by atoms with van der Waals surface area (Å²) in [5.41, 5.74) is 0. The number of Topliss-reactive ketones (excluding diaryl/α,β-unsaturated/α-hetero) is 1. The van der Waals surface area contributed by atoms with E-state index in [1.54, 1.807) is 0 Å². The average Bonchev–Trinajstić information content (AvgIpc) is 2.38. The van der Waals surface area contributed by atoms with E-state index >= 15 is 0 Å². The molecule has 0 spiro atoms. The number of likely N-dealkylation sites (tertiary alicyclic amines) is 1. The predicted molar refractivity (Wildman–Crippen MR) is 79.1 cm³/mol. The number of rotatable bonds is 6. The van der Waals surface area contributed by atoms with Crippen molar-refractivity contribution in [2.45, 2.75) is 47.0 Å². The average molecular weight is 341 g/mol. The molecule has 3 nitrogen and oxygen atoms in total. The standard InChI is InChI=1S/C13H25N2O.C2H6.Rb/c1-11(2)13(16)4-7-14-10-12-5-8-15(3)9-6-12;1-2;/h11-12H,4-10H2,1-3H3;1-2H3;/q-1;;+1. The van der Waals surface area contributed by atoms with Gasteiger partial charge in [0.25, 0.3) is 0 Å². The summed E-state index contributed by atoms with van der Waals surface area (Å²) in [7, 11) is 2.18. The maximum absolute atomic E-state index is 11.4. The second-order valence-electron chi connectivity index (χ2n) is 5.25. The molecular weight excluding hydrogens is 310 g/mol. The number of ketones is 1. The number of nitrogens with zero attached hydrogens (tertiary/aromatic N) is 2. The van der Waals surface area contributed by atoms with E-state index in [4.69, 9.17) is 0 Å². The van der Waals surface area contributed by atoms with E-state index in [-0.39, 0.29) is 64.1 Å². The molecule has 0 aliphatic carbocycles. The molecule has 0 amide bonds. The fraction of sp³-hybridized carbons (Fsp3) is 0.933. The van der Waals surface area contributed by atoms with E-state index in [1.807, 2.05) is 27.7 Å². The van der Waals surface area contributed by atoms with Crippen molar-refractivity contribution in [2.24, 2.45) is 11.8 Å². The summed E-state index contributed by atoms with van der Waals surface area (Å²) in [6.45, 7) is 12.0. The summed E-state index contributed by atoms with van der Waals surface area (Å²) in [5.74, 6) is 1.26. The zero-order valence-electron chi connectivity index (χ0n) is 13.9. The van der Waals surface area contributed by atoms with Crippen LogP contribution in [0.4, 0.5) is 0 Å². The van der Waals surface area contributed by atoms with Gasteiger partial charge in [-0.25, -0.2) is 0 Å². The van der Waals surface area contributed by atoms with Crippen molar-refractivity contribution in [3.63, 3.8) is 0 Å². The molecule has 0 bridgehead atoms. The van der Waals surface area contributed by atoms with Crippen molar-refractivity contribution in [3.8, 4) is 0 Å². The van der Waals surface area contributed by atoms with Crippen LogP contribution in [0.25, 0.3) is 5.32 Å². The van der Waals surface area contributed by atoms with Gasteiger partial charge in [0.2, 0.25) is 0 Å². The van der Waals surface area contributed by atoms with E-state index in [0.717, 1.165) is 19.0 Å². The second-order valence-corrected chi connectivity index (χ2v) is 5.25. The topological polar surface area (TPSA) is 34.4 Å². The number of piperidine rings is 1. The van der Waals surface area contributed by atoms with Gasteiger partial charge in [0.05, 0.1) is 0 Å². The monoisotopic (exact) mass is 340 g/mol. The van der Waals surface area contributed by atoms with Gasteiger partial charge in [-0.05, 0) is 39.4 Å². The molecule has 1 rings (SSSR count). The molecule has 4 heteroatoms. The van der Waals surface area contributed by atoms with Crippen LogP contribution in [0.2, 0.25) is 0 Å². The van der Waals surface area contributed by atoms with Crippen molar-refractivity contribution in [1.82, 2.24) is 4.90 Å². The van der Waals surface area contributed by atoms with Gasteiger partial charge in [0.1, 0.15) is 5.78 Å². The van der Waals surface area contributed by atoms with Crippen LogP contribution in [0.3, 0.4) is 0 Å². The third-order valence-electron chi connectivity index (χ3n) is 3.39. The molecular formula is C15H31N2ORb. The summed E-state index contributed by atoms with van der Waals surface area (Å²) in [4.78, 5) is 13.7. The Morgan fingerprint density at radius 2 is 1.79 bits per heavy atom.